The van der Waals surface area contributed by atoms with Gasteiger partial charge in [0.1, 0.15) is 4.66 Å². The molecule has 0 heterocycles. The first-order valence-electron chi connectivity index (χ1n) is 2.94. The molecule has 0 aromatic heterocycles. The molecule has 0 aromatic rings. The third-order valence-corrected chi connectivity index (χ3v) is 5.42. The van der Waals surface area contributed by atoms with E-state index in [1.807, 2.05) is 0 Å². The van der Waals surface area contributed by atoms with Gasteiger partial charge in [-0.15, -0.1) is 0 Å². The first-order valence-corrected chi connectivity index (χ1v) is 5.78. The molecule has 4 heteroatoms. The van der Waals surface area contributed by atoms with Crippen molar-refractivity contribution in [1.82, 2.24) is 0 Å². The van der Waals surface area contributed by atoms with E-state index in [-0.39, 0.29) is 9.91 Å². The zero-order valence-electron chi connectivity index (χ0n) is 5.01. The Bertz CT molecular complexity index is 181. The van der Waals surface area contributed by atoms with Gasteiger partial charge in [0.25, 0.3) is 0 Å². The number of halogens is 1. The van der Waals surface area contributed by atoms with Crippen LogP contribution in [0.2, 0.25) is 0 Å². The van der Waals surface area contributed by atoms with Crippen molar-refractivity contribution in [1.29, 1.82) is 0 Å². The summed E-state index contributed by atoms with van der Waals surface area (Å²) in [7, 11) is -2.74. The lowest BCUT2D eigenvalue weighted by atomic mass is 10.0. The highest BCUT2D eigenvalue weighted by Gasteiger charge is 2.29. The Morgan fingerprint density at radius 3 is 2.11 bits per heavy atom. The fourth-order valence-corrected chi connectivity index (χ4v) is 3.17. The Morgan fingerprint density at radius 1 is 1.44 bits per heavy atom. The molecule has 0 spiro atoms. The predicted octanol–water partition coefficient (Wildman–Crippen LogP) is 1.31. The van der Waals surface area contributed by atoms with Crippen LogP contribution >= 0.6 is 15.9 Å². The van der Waals surface area contributed by atoms with Gasteiger partial charge in [0.05, 0.1) is 5.25 Å². The van der Waals surface area contributed by atoms with E-state index in [0.29, 0.717) is 0 Å². The summed E-state index contributed by atoms with van der Waals surface area (Å²) < 4.78 is 22.0. The standard InChI is InChI=1S/C5H9BrO2S/c6-4-9(7,8)5-2-1-3-5/h5H,1-4H2. The number of hydrogen-bond acceptors (Lipinski definition) is 2. The van der Waals surface area contributed by atoms with E-state index >= 15 is 0 Å². The van der Waals surface area contributed by atoms with Crippen molar-refractivity contribution in [2.75, 3.05) is 4.66 Å². The fourth-order valence-electron chi connectivity index (χ4n) is 0.819. The van der Waals surface area contributed by atoms with Crippen LogP contribution in [0.25, 0.3) is 0 Å². The van der Waals surface area contributed by atoms with Crippen LogP contribution in [0.3, 0.4) is 0 Å². The van der Waals surface area contributed by atoms with Crippen molar-refractivity contribution in [2.45, 2.75) is 24.5 Å². The zero-order chi connectivity index (χ0) is 6.91. The van der Waals surface area contributed by atoms with E-state index in [0.717, 1.165) is 19.3 Å². The Morgan fingerprint density at radius 2 is 2.00 bits per heavy atom. The van der Waals surface area contributed by atoms with Gasteiger partial charge >= 0.3 is 0 Å². The van der Waals surface area contributed by atoms with Crippen LogP contribution in [0, 0.1) is 0 Å². The summed E-state index contributed by atoms with van der Waals surface area (Å²) in [5.74, 6) is 0. The van der Waals surface area contributed by atoms with E-state index in [2.05, 4.69) is 15.9 Å². The molecule has 0 bridgehead atoms. The molecule has 1 fully saturated rings. The van der Waals surface area contributed by atoms with Gasteiger partial charge in [-0.2, -0.15) is 0 Å². The third-order valence-electron chi connectivity index (χ3n) is 1.71. The van der Waals surface area contributed by atoms with Crippen LogP contribution in [0.15, 0.2) is 0 Å². The Kier molecular flexibility index (Phi) is 2.16. The third kappa shape index (κ3) is 1.46. The molecule has 54 valence electrons. The lowest BCUT2D eigenvalue weighted by Gasteiger charge is -2.23. The maximum Gasteiger partial charge on any atom is 0.163 e. The van der Waals surface area contributed by atoms with E-state index < -0.39 is 9.84 Å². The Labute approximate surface area is 63.7 Å². The molecule has 0 aliphatic heterocycles. The summed E-state index contributed by atoms with van der Waals surface area (Å²) in [6.07, 6.45) is 2.82. The van der Waals surface area contributed by atoms with Crippen molar-refractivity contribution in [3.8, 4) is 0 Å². The second-order valence-electron chi connectivity index (χ2n) is 2.32. The lowest BCUT2D eigenvalue weighted by molar-refractivity contribution is 0.479. The van der Waals surface area contributed by atoms with Gasteiger partial charge in [-0.25, -0.2) is 8.42 Å². The maximum atomic E-state index is 10.9. The highest BCUT2D eigenvalue weighted by atomic mass is 79.9. The van der Waals surface area contributed by atoms with Crippen LogP contribution in [0.1, 0.15) is 19.3 Å². The highest BCUT2D eigenvalue weighted by Crippen LogP contribution is 2.27. The van der Waals surface area contributed by atoms with Crippen molar-refractivity contribution >= 4 is 25.8 Å². The van der Waals surface area contributed by atoms with Crippen LogP contribution in [0.5, 0.6) is 0 Å². The second kappa shape index (κ2) is 2.58. The smallest absolute Gasteiger partial charge is 0.163 e. The minimum absolute atomic E-state index is 0.0307. The monoisotopic (exact) mass is 212 g/mol. The van der Waals surface area contributed by atoms with Gasteiger partial charge in [-0.1, -0.05) is 22.4 Å². The summed E-state index contributed by atoms with van der Waals surface area (Å²) >= 11 is 2.96. The minimum Gasteiger partial charge on any atom is -0.228 e. The average molecular weight is 213 g/mol. The summed E-state index contributed by atoms with van der Waals surface area (Å²) in [5.41, 5.74) is 0. The van der Waals surface area contributed by atoms with E-state index in [1.54, 1.807) is 0 Å². The average Bonchev–Trinajstić information content (AvgIpc) is 1.60. The second-order valence-corrected chi connectivity index (χ2v) is 5.91. The molecule has 0 unspecified atom stereocenters. The van der Waals surface area contributed by atoms with Gasteiger partial charge in [-0.3, -0.25) is 0 Å². The minimum atomic E-state index is -2.74. The molecule has 1 saturated carbocycles. The van der Waals surface area contributed by atoms with Crippen LogP contribution in [-0.2, 0) is 9.84 Å². The van der Waals surface area contributed by atoms with Gasteiger partial charge in [0, 0.05) is 0 Å². The fraction of sp³-hybridized carbons (Fsp3) is 1.00. The topological polar surface area (TPSA) is 34.1 Å². The molecular formula is C5H9BrO2S. The Balaban J connectivity index is 2.59. The normalized spacial score (nSPS) is 21.4. The SMILES string of the molecule is O=S(=O)(CBr)C1CCC1. The zero-order valence-corrected chi connectivity index (χ0v) is 7.41. The van der Waals surface area contributed by atoms with Crippen molar-refractivity contribution in [3.63, 3.8) is 0 Å². The molecule has 0 amide bonds. The molecule has 1 aliphatic carbocycles. The summed E-state index contributed by atoms with van der Waals surface area (Å²) in [6.45, 7) is 0. The highest BCUT2D eigenvalue weighted by molar-refractivity contribution is 9.10. The quantitative estimate of drug-likeness (QED) is 0.648. The molecule has 1 rings (SSSR count). The number of sulfone groups is 1. The van der Waals surface area contributed by atoms with Gasteiger partial charge in [0.15, 0.2) is 9.84 Å². The van der Waals surface area contributed by atoms with Gasteiger partial charge in [-0.05, 0) is 12.8 Å². The van der Waals surface area contributed by atoms with E-state index in [9.17, 15) is 8.42 Å². The number of hydrogen-bond donors (Lipinski definition) is 0. The molecule has 1 aliphatic rings. The molecule has 0 atom stereocenters. The van der Waals surface area contributed by atoms with Gasteiger partial charge in [0.2, 0.25) is 0 Å². The first kappa shape index (κ1) is 7.54. The van der Waals surface area contributed by atoms with E-state index in [1.165, 1.54) is 0 Å². The molecule has 0 aromatic carbocycles. The molecular weight excluding hydrogens is 204 g/mol. The van der Waals surface area contributed by atoms with E-state index in [4.69, 9.17) is 0 Å². The summed E-state index contributed by atoms with van der Waals surface area (Å²) in [5, 5.41) is -0.0307. The van der Waals surface area contributed by atoms with Crippen molar-refractivity contribution in [2.24, 2.45) is 0 Å². The predicted molar refractivity (Wildman–Crippen MR) is 40.4 cm³/mol. The van der Waals surface area contributed by atoms with Crippen LogP contribution in [-0.4, -0.2) is 18.3 Å². The maximum absolute atomic E-state index is 10.9. The molecule has 2 nitrogen and oxygen atoms in total. The summed E-state index contributed by atoms with van der Waals surface area (Å²) in [6, 6.07) is 0. The number of alkyl halides is 1. The molecule has 0 saturated heterocycles. The number of rotatable bonds is 2. The largest absolute Gasteiger partial charge is 0.228 e. The van der Waals surface area contributed by atoms with Crippen LogP contribution in [0.4, 0.5) is 0 Å². The molecule has 9 heavy (non-hydrogen) atoms. The summed E-state index contributed by atoms with van der Waals surface area (Å²) in [4.78, 5) is 0. The van der Waals surface area contributed by atoms with Crippen molar-refractivity contribution in [3.05, 3.63) is 0 Å². The van der Waals surface area contributed by atoms with Crippen LogP contribution < -0.4 is 0 Å². The molecule has 0 radical (unpaired) electrons. The Hall–Kier alpha value is 0.430. The first-order chi connectivity index (χ1) is 4.17. The lowest BCUT2D eigenvalue weighted by Crippen LogP contribution is -2.28. The van der Waals surface area contributed by atoms with Crippen molar-refractivity contribution < 1.29 is 8.42 Å². The molecule has 0 N–H and O–H groups in total. The van der Waals surface area contributed by atoms with Gasteiger partial charge < -0.3 is 0 Å².